The maximum absolute atomic E-state index is 13.8. The van der Waals surface area contributed by atoms with Crippen molar-refractivity contribution in [2.75, 3.05) is 16.4 Å². The van der Waals surface area contributed by atoms with Gasteiger partial charge in [-0.25, -0.2) is 4.39 Å². The molecule has 9 heteroatoms. The van der Waals surface area contributed by atoms with Gasteiger partial charge in [0.05, 0.1) is 22.6 Å². The number of carbonyl (C=O) groups is 2. The van der Waals surface area contributed by atoms with E-state index >= 15 is 0 Å². The number of carbonyl (C=O) groups excluding carboxylic acids is 2. The molecule has 176 valence electrons. The Bertz CT molecular complexity index is 1240. The summed E-state index contributed by atoms with van der Waals surface area (Å²) >= 11 is 1.25. The van der Waals surface area contributed by atoms with Gasteiger partial charge < -0.3 is 10.6 Å². The van der Waals surface area contributed by atoms with E-state index in [9.17, 15) is 27.2 Å². The highest BCUT2D eigenvalue weighted by atomic mass is 32.2. The van der Waals surface area contributed by atoms with Gasteiger partial charge in [0.25, 0.3) is 5.91 Å². The summed E-state index contributed by atoms with van der Waals surface area (Å²) in [6.45, 7) is 0. The van der Waals surface area contributed by atoms with Crippen molar-refractivity contribution in [3.05, 3.63) is 88.7 Å². The molecule has 0 unspecified atom stereocenters. The van der Waals surface area contributed by atoms with Gasteiger partial charge in [-0.05, 0) is 72.9 Å². The highest BCUT2D eigenvalue weighted by molar-refractivity contribution is 8.00. The van der Waals surface area contributed by atoms with Crippen LogP contribution in [0.25, 0.3) is 0 Å². The summed E-state index contributed by atoms with van der Waals surface area (Å²) in [7, 11) is 0. The number of anilines is 2. The number of thioether (sulfide) groups is 1. The first-order valence-corrected chi connectivity index (χ1v) is 11.5. The molecule has 0 atom stereocenters. The second kappa shape index (κ2) is 9.89. The smallest absolute Gasteiger partial charge is 0.325 e. The second-order valence-corrected chi connectivity index (χ2v) is 8.86. The Morgan fingerprint density at radius 1 is 0.912 bits per heavy atom. The molecular formula is C25H20F4N2O2S. The summed E-state index contributed by atoms with van der Waals surface area (Å²) in [5.74, 6) is -2.31. The Morgan fingerprint density at radius 2 is 1.68 bits per heavy atom. The third kappa shape index (κ3) is 5.59. The number of hydrogen-bond acceptors (Lipinski definition) is 3. The maximum atomic E-state index is 13.8. The fourth-order valence-electron chi connectivity index (χ4n) is 3.78. The average Bonchev–Trinajstić information content (AvgIpc) is 3.26. The van der Waals surface area contributed by atoms with Gasteiger partial charge in [-0.2, -0.15) is 13.2 Å². The van der Waals surface area contributed by atoms with Crippen LogP contribution in [-0.4, -0.2) is 17.6 Å². The molecule has 0 heterocycles. The van der Waals surface area contributed by atoms with Gasteiger partial charge in [-0.1, -0.05) is 18.2 Å². The Morgan fingerprint density at radius 3 is 2.44 bits per heavy atom. The molecule has 0 aromatic heterocycles. The van der Waals surface area contributed by atoms with E-state index in [4.69, 9.17) is 0 Å². The first-order valence-electron chi connectivity index (χ1n) is 10.5. The van der Waals surface area contributed by atoms with Crippen LogP contribution in [0.3, 0.4) is 0 Å². The van der Waals surface area contributed by atoms with E-state index in [1.54, 1.807) is 0 Å². The molecule has 0 radical (unpaired) electrons. The molecule has 3 aromatic rings. The van der Waals surface area contributed by atoms with E-state index in [0.29, 0.717) is 6.07 Å². The summed E-state index contributed by atoms with van der Waals surface area (Å²) in [4.78, 5) is 25.5. The monoisotopic (exact) mass is 488 g/mol. The standard InChI is InChI=1S/C25H20F4N2O2S/c26-21-7-2-1-6-19(21)24(33)30-17-9-11-22(20(13-17)25(27,28)29)31-23(32)14-34-18-10-8-15-4-3-5-16(15)12-18/h1-2,6-13H,3-5,14H2,(H,30,33)(H,31,32). The Labute approximate surface area is 197 Å². The summed E-state index contributed by atoms with van der Waals surface area (Å²) in [5, 5.41) is 4.57. The number of halogens is 4. The van der Waals surface area contributed by atoms with Gasteiger partial charge in [0.2, 0.25) is 5.91 Å². The van der Waals surface area contributed by atoms with Crippen LogP contribution in [0.15, 0.2) is 65.6 Å². The lowest BCUT2D eigenvalue weighted by Gasteiger charge is -2.16. The molecule has 4 nitrogen and oxygen atoms in total. The predicted molar refractivity (Wildman–Crippen MR) is 124 cm³/mol. The number of alkyl halides is 3. The summed E-state index contributed by atoms with van der Waals surface area (Å²) in [5.41, 5.74) is 0.539. The number of amides is 2. The first kappa shape index (κ1) is 23.8. The van der Waals surface area contributed by atoms with Crippen molar-refractivity contribution >= 4 is 35.0 Å². The van der Waals surface area contributed by atoms with Crippen LogP contribution in [0, 0.1) is 5.82 Å². The number of nitrogens with one attached hydrogen (secondary N) is 2. The zero-order valence-electron chi connectivity index (χ0n) is 17.8. The van der Waals surface area contributed by atoms with Crippen LogP contribution in [-0.2, 0) is 23.8 Å². The lowest BCUT2D eigenvalue weighted by Crippen LogP contribution is -2.19. The molecule has 2 amide bonds. The average molecular weight is 489 g/mol. The quantitative estimate of drug-likeness (QED) is 0.316. The fraction of sp³-hybridized carbons (Fsp3) is 0.200. The topological polar surface area (TPSA) is 58.2 Å². The van der Waals surface area contributed by atoms with Crippen LogP contribution >= 0.6 is 11.8 Å². The number of benzene rings is 3. The maximum Gasteiger partial charge on any atom is 0.418 e. The molecule has 0 spiro atoms. The normalized spacial score (nSPS) is 12.8. The lowest BCUT2D eigenvalue weighted by atomic mass is 10.1. The van der Waals surface area contributed by atoms with Crippen molar-refractivity contribution in [3.63, 3.8) is 0 Å². The highest BCUT2D eigenvalue weighted by Crippen LogP contribution is 2.37. The third-order valence-corrected chi connectivity index (χ3v) is 6.41. The molecule has 2 N–H and O–H groups in total. The number of hydrogen-bond donors (Lipinski definition) is 2. The summed E-state index contributed by atoms with van der Waals surface area (Å²) in [6.07, 6.45) is -1.65. The van der Waals surface area contributed by atoms with Crippen molar-refractivity contribution < 1.29 is 27.2 Å². The fourth-order valence-corrected chi connectivity index (χ4v) is 4.54. The molecule has 3 aromatic carbocycles. The zero-order valence-corrected chi connectivity index (χ0v) is 18.7. The molecule has 0 saturated carbocycles. The van der Waals surface area contributed by atoms with E-state index in [1.165, 1.54) is 47.2 Å². The third-order valence-electron chi connectivity index (χ3n) is 5.42. The van der Waals surface area contributed by atoms with E-state index in [0.717, 1.165) is 36.3 Å². The van der Waals surface area contributed by atoms with Crippen molar-refractivity contribution in [2.24, 2.45) is 0 Å². The summed E-state index contributed by atoms with van der Waals surface area (Å²) < 4.78 is 54.7. The SMILES string of the molecule is O=C(CSc1ccc2c(c1)CCC2)Nc1ccc(NC(=O)c2ccccc2F)cc1C(F)(F)F. The molecule has 0 aliphatic heterocycles. The van der Waals surface area contributed by atoms with Gasteiger partial charge in [-0.15, -0.1) is 11.8 Å². The first-order chi connectivity index (χ1) is 16.2. The van der Waals surface area contributed by atoms with Gasteiger partial charge in [0, 0.05) is 10.6 Å². The predicted octanol–water partition coefficient (Wildman–Crippen LogP) is 6.32. The number of rotatable bonds is 6. The van der Waals surface area contributed by atoms with Crippen LogP contribution in [0.4, 0.5) is 28.9 Å². The van der Waals surface area contributed by atoms with Crippen molar-refractivity contribution in [1.29, 1.82) is 0 Å². The van der Waals surface area contributed by atoms with Gasteiger partial charge >= 0.3 is 6.18 Å². The van der Waals surface area contributed by atoms with E-state index in [-0.39, 0.29) is 17.0 Å². The summed E-state index contributed by atoms with van der Waals surface area (Å²) in [6, 6.07) is 14.1. The number of fused-ring (bicyclic) bond motifs is 1. The van der Waals surface area contributed by atoms with Crippen molar-refractivity contribution in [3.8, 4) is 0 Å². The number of aryl methyl sites for hydroxylation is 2. The lowest BCUT2D eigenvalue weighted by molar-refractivity contribution is -0.136. The van der Waals surface area contributed by atoms with E-state index in [2.05, 4.69) is 10.6 Å². The Kier molecular flexibility index (Phi) is 6.92. The van der Waals surface area contributed by atoms with Crippen LogP contribution in [0.5, 0.6) is 0 Å². The molecular weight excluding hydrogens is 468 g/mol. The van der Waals surface area contributed by atoms with Gasteiger partial charge in [0.1, 0.15) is 5.82 Å². The molecule has 4 rings (SSSR count). The van der Waals surface area contributed by atoms with E-state index < -0.39 is 35.1 Å². The largest absolute Gasteiger partial charge is 0.418 e. The minimum Gasteiger partial charge on any atom is -0.325 e. The van der Waals surface area contributed by atoms with Crippen LogP contribution < -0.4 is 10.6 Å². The molecule has 0 saturated heterocycles. The zero-order chi connectivity index (χ0) is 24.3. The highest BCUT2D eigenvalue weighted by Gasteiger charge is 2.34. The molecule has 0 fully saturated rings. The molecule has 1 aliphatic carbocycles. The van der Waals surface area contributed by atoms with Crippen LogP contribution in [0.2, 0.25) is 0 Å². The molecule has 34 heavy (non-hydrogen) atoms. The Balaban J connectivity index is 1.45. The minimum atomic E-state index is -4.78. The van der Waals surface area contributed by atoms with Crippen molar-refractivity contribution in [2.45, 2.75) is 30.3 Å². The molecule has 0 bridgehead atoms. The van der Waals surface area contributed by atoms with Gasteiger partial charge in [-0.3, -0.25) is 9.59 Å². The van der Waals surface area contributed by atoms with Gasteiger partial charge in [0.15, 0.2) is 0 Å². The van der Waals surface area contributed by atoms with Crippen molar-refractivity contribution in [1.82, 2.24) is 0 Å². The van der Waals surface area contributed by atoms with E-state index in [1.807, 2.05) is 18.2 Å². The van der Waals surface area contributed by atoms with Crippen LogP contribution in [0.1, 0.15) is 33.5 Å². The minimum absolute atomic E-state index is 0.0537. The second-order valence-electron chi connectivity index (χ2n) is 7.81. The molecule has 1 aliphatic rings. The Hall–Kier alpha value is -3.33.